The van der Waals surface area contributed by atoms with Gasteiger partial charge in [-0.15, -0.1) is 0 Å². The first-order valence-electron chi connectivity index (χ1n) is 3.51. The second kappa shape index (κ2) is 5.66. The van der Waals surface area contributed by atoms with Crippen molar-refractivity contribution in [3.8, 4) is 5.92 Å². The third-order valence-electron chi connectivity index (χ3n) is 1.70. The summed E-state index contributed by atoms with van der Waals surface area (Å²) in [6.45, 7) is 0. The summed E-state index contributed by atoms with van der Waals surface area (Å²) in [5.74, 6) is 2.42. The molecule has 1 heteroatoms. The van der Waals surface area contributed by atoms with Gasteiger partial charge in [0.25, 0.3) is 0 Å². The number of hydrogen-bond acceptors (Lipinski definition) is 0. The Balaban J connectivity index is 0.000000810. The van der Waals surface area contributed by atoms with E-state index in [-0.39, 0.29) is 18.9 Å². The molecule has 0 aliphatic heterocycles. The first-order chi connectivity index (χ1) is 4.43. The first kappa shape index (κ1) is 9.90. The van der Waals surface area contributed by atoms with Crippen LogP contribution in [0.25, 0.3) is 0 Å². The average Bonchev–Trinajstić information content (AvgIpc) is 1.91. The maximum atomic E-state index is 6.75. The fourth-order valence-corrected chi connectivity index (χ4v) is 1.18. The van der Waals surface area contributed by atoms with E-state index in [4.69, 9.17) is 6.42 Å². The van der Waals surface area contributed by atoms with E-state index in [1.54, 1.807) is 0 Å². The molecule has 0 saturated heterocycles. The predicted molar refractivity (Wildman–Crippen MR) is 38.3 cm³/mol. The third-order valence-corrected chi connectivity index (χ3v) is 1.70. The van der Waals surface area contributed by atoms with Crippen LogP contribution in [0.5, 0.6) is 0 Å². The van der Waals surface area contributed by atoms with Gasteiger partial charge in [-0.25, -0.2) is 0 Å². The maximum absolute atomic E-state index is 6.75. The summed E-state index contributed by atoms with van der Waals surface area (Å²) in [7, 11) is 0. The van der Waals surface area contributed by atoms with Crippen molar-refractivity contribution in [3.05, 3.63) is 18.1 Å². The standard InChI is InChI=1S/C9H11.Li/c1-2-6-9-7-4-3-5-8-9;/h7H,3-6,8H2;/q-1;+1. The zero-order valence-corrected chi connectivity index (χ0v) is 6.61. The van der Waals surface area contributed by atoms with Crippen LogP contribution in [-0.2, 0) is 0 Å². The quantitative estimate of drug-likeness (QED) is 0.192. The SMILES string of the molecule is [C-]#CCC1=CCCCC1.[Li+]. The molecule has 1 aliphatic rings. The summed E-state index contributed by atoms with van der Waals surface area (Å²) in [6.07, 6.45) is 14.8. The molecular formula is C9H11Li. The van der Waals surface area contributed by atoms with Gasteiger partial charge in [0.15, 0.2) is 0 Å². The number of hydrogen-bond donors (Lipinski definition) is 0. The van der Waals surface area contributed by atoms with E-state index in [1.165, 1.54) is 31.3 Å². The Morgan fingerprint density at radius 2 is 2.30 bits per heavy atom. The molecule has 0 aromatic heterocycles. The van der Waals surface area contributed by atoms with Crippen LogP contribution in [0.2, 0.25) is 0 Å². The van der Waals surface area contributed by atoms with E-state index in [2.05, 4.69) is 12.0 Å². The Labute approximate surface area is 75.3 Å². The molecule has 0 fully saturated rings. The molecule has 0 aromatic rings. The van der Waals surface area contributed by atoms with Crippen LogP contribution >= 0.6 is 0 Å². The van der Waals surface area contributed by atoms with Crippen molar-refractivity contribution < 1.29 is 18.9 Å². The maximum Gasteiger partial charge on any atom is 1.00 e. The van der Waals surface area contributed by atoms with Gasteiger partial charge in [0, 0.05) is 0 Å². The zero-order chi connectivity index (χ0) is 6.53. The fourth-order valence-electron chi connectivity index (χ4n) is 1.18. The number of rotatable bonds is 1. The second-order valence-electron chi connectivity index (χ2n) is 2.46. The molecule has 0 nitrogen and oxygen atoms in total. The zero-order valence-electron chi connectivity index (χ0n) is 6.61. The van der Waals surface area contributed by atoms with Crippen LogP contribution in [0.4, 0.5) is 0 Å². The van der Waals surface area contributed by atoms with Gasteiger partial charge in [0.2, 0.25) is 0 Å². The molecule has 0 N–H and O–H groups in total. The van der Waals surface area contributed by atoms with Crippen molar-refractivity contribution in [1.29, 1.82) is 0 Å². The van der Waals surface area contributed by atoms with Crippen molar-refractivity contribution in [2.24, 2.45) is 0 Å². The molecule has 1 aliphatic carbocycles. The average molecular weight is 126 g/mol. The van der Waals surface area contributed by atoms with Crippen molar-refractivity contribution in [2.45, 2.75) is 32.1 Å². The molecule has 0 saturated carbocycles. The molecule has 0 radical (unpaired) electrons. The van der Waals surface area contributed by atoms with E-state index >= 15 is 0 Å². The Bertz CT molecular complexity index is 151. The first-order valence-corrected chi connectivity index (χ1v) is 3.51. The Hall–Kier alpha value is -0.103. The van der Waals surface area contributed by atoms with Crippen molar-refractivity contribution in [3.63, 3.8) is 0 Å². The summed E-state index contributed by atoms with van der Waals surface area (Å²) < 4.78 is 0. The van der Waals surface area contributed by atoms with E-state index in [1.807, 2.05) is 0 Å². The smallest absolute Gasteiger partial charge is 0.693 e. The predicted octanol–water partition coefficient (Wildman–Crippen LogP) is -0.529. The minimum Gasteiger partial charge on any atom is -0.693 e. The normalized spacial score (nSPS) is 16.5. The molecular weight excluding hydrogens is 115 g/mol. The van der Waals surface area contributed by atoms with E-state index in [0.29, 0.717) is 0 Å². The Morgan fingerprint density at radius 1 is 1.50 bits per heavy atom. The fraction of sp³-hybridized carbons (Fsp3) is 0.556. The van der Waals surface area contributed by atoms with Crippen LogP contribution < -0.4 is 18.9 Å². The van der Waals surface area contributed by atoms with Crippen LogP contribution in [0.15, 0.2) is 11.6 Å². The molecule has 48 valence electrons. The minimum atomic E-state index is 0. The van der Waals surface area contributed by atoms with Gasteiger partial charge in [-0.05, 0) is 32.1 Å². The molecule has 0 atom stereocenters. The Kier molecular flexibility index (Phi) is 5.61. The van der Waals surface area contributed by atoms with Crippen LogP contribution in [-0.4, -0.2) is 0 Å². The van der Waals surface area contributed by atoms with Crippen molar-refractivity contribution >= 4 is 0 Å². The minimum absolute atomic E-state index is 0. The molecule has 10 heavy (non-hydrogen) atoms. The molecule has 0 spiro atoms. The van der Waals surface area contributed by atoms with E-state index in [9.17, 15) is 0 Å². The second-order valence-corrected chi connectivity index (χ2v) is 2.46. The van der Waals surface area contributed by atoms with Gasteiger partial charge in [0.1, 0.15) is 0 Å². The van der Waals surface area contributed by atoms with Crippen LogP contribution in [0.1, 0.15) is 32.1 Å². The summed E-state index contributed by atoms with van der Waals surface area (Å²) in [4.78, 5) is 0. The van der Waals surface area contributed by atoms with Crippen LogP contribution in [0.3, 0.4) is 0 Å². The Morgan fingerprint density at radius 3 is 2.80 bits per heavy atom. The monoisotopic (exact) mass is 126 g/mol. The van der Waals surface area contributed by atoms with Crippen molar-refractivity contribution in [1.82, 2.24) is 0 Å². The van der Waals surface area contributed by atoms with E-state index < -0.39 is 0 Å². The van der Waals surface area contributed by atoms with Gasteiger partial charge in [-0.2, -0.15) is 0 Å². The summed E-state index contributed by atoms with van der Waals surface area (Å²) in [5, 5.41) is 0. The van der Waals surface area contributed by atoms with Gasteiger partial charge in [-0.3, -0.25) is 0 Å². The molecule has 0 heterocycles. The molecule has 0 amide bonds. The molecule has 0 bridgehead atoms. The number of allylic oxidation sites excluding steroid dienone is 2. The third kappa shape index (κ3) is 3.16. The van der Waals surface area contributed by atoms with Gasteiger partial charge < -0.3 is 12.3 Å². The topological polar surface area (TPSA) is 0 Å². The summed E-state index contributed by atoms with van der Waals surface area (Å²) in [6, 6.07) is 0. The molecule has 1 rings (SSSR count). The van der Waals surface area contributed by atoms with Gasteiger partial charge in [0.05, 0.1) is 0 Å². The molecule has 0 aromatic carbocycles. The summed E-state index contributed by atoms with van der Waals surface area (Å²) >= 11 is 0. The molecule has 0 unspecified atom stereocenters. The van der Waals surface area contributed by atoms with Crippen molar-refractivity contribution in [2.75, 3.05) is 0 Å². The van der Waals surface area contributed by atoms with E-state index in [0.717, 1.165) is 6.42 Å². The van der Waals surface area contributed by atoms with Gasteiger partial charge in [-0.1, -0.05) is 11.6 Å². The van der Waals surface area contributed by atoms with Crippen LogP contribution in [0, 0.1) is 12.3 Å². The largest absolute Gasteiger partial charge is 1.00 e. The summed E-state index contributed by atoms with van der Waals surface area (Å²) in [5.41, 5.74) is 1.41. The van der Waals surface area contributed by atoms with Gasteiger partial charge >= 0.3 is 18.9 Å².